The molecule has 23 heavy (non-hydrogen) atoms. The zero-order valence-corrected chi connectivity index (χ0v) is 15.1. The van der Waals surface area contributed by atoms with E-state index in [-0.39, 0.29) is 0 Å². The molecule has 0 spiro atoms. The van der Waals surface area contributed by atoms with Crippen molar-refractivity contribution >= 4 is 0 Å². The number of aromatic hydroxyl groups is 2. The molecule has 0 radical (unpaired) electrons. The number of phenols is 2. The monoisotopic (exact) mass is 312 g/mol. The Labute approximate surface area is 139 Å². The first kappa shape index (κ1) is 17.4. The fraction of sp³-hybridized carbons (Fsp3) is 0.429. The van der Waals surface area contributed by atoms with Crippen molar-refractivity contribution in [3.05, 3.63) is 57.6 Å². The van der Waals surface area contributed by atoms with E-state index in [1.54, 1.807) is 0 Å². The van der Waals surface area contributed by atoms with E-state index in [4.69, 9.17) is 0 Å². The standard InChI is InChI=1S/C21H28O2/c1-12(2)18-10-17(22)11-19(13(3)4)20(18)9-16-7-14(5)21(23)15(6)8-16/h7-8,10-13,22-23H,9H2,1-6H3. The predicted octanol–water partition coefficient (Wildman–Crippen LogP) is 5.55. The first-order chi connectivity index (χ1) is 10.7. The fourth-order valence-corrected chi connectivity index (χ4v) is 3.29. The van der Waals surface area contributed by atoms with Gasteiger partial charge in [-0.25, -0.2) is 0 Å². The molecule has 0 bridgehead atoms. The molecule has 0 atom stereocenters. The Kier molecular flexibility index (Phi) is 5.03. The zero-order valence-electron chi connectivity index (χ0n) is 15.1. The number of phenolic OH excluding ortho intramolecular Hbond substituents is 2. The van der Waals surface area contributed by atoms with Crippen molar-refractivity contribution in [2.75, 3.05) is 0 Å². The molecule has 0 fully saturated rings. The summed E-state index contributed by atoms with van der Waals surface area (Å²) < 4.78 is 0. The van der Waals surface area contributed by atoms with Gasteiger partial charge in [0.1, 0.15) is 11.5 Å². The molecule has 2 heteroatoms. The Morgan fingerprint density at radius 3 is 1.61 bits per heavy atom. The SMILES string of the molecule is Cc1cc(Cc2c(C(C)C)cc(O)cc2C(C)C)cc(C)c1O. The largest absolute Gasteiger partial charge is 0.508 e. The molecule has 2 aromatic carbocycles. The van der Waals surface area contributed by atoms with Gasteiger partial charge in [0.05, 0.1) is 0 Å². The van der Waals surface area contributed by atoms with E-state index < -0.39 is 0 Å². The van der Waals surface area contributed by atoms with Gasteiger partial charge < -0.3 is 10.2 Å². The summed E-state index contributed by atoms with van der Waals surface area (Å²) in [6, 6.07) is 7.91. The van der Waals surface area contributed by atoms with Gasteiger partial charge in [-0.05, 0) is 77.6 Å². The van der Waals surface area contributed by atoms with Gasteiger partial charge in [-0.3, -0.25) is 0 Å². The minimum atomic E-state index is 0.346. The van der Waals surface area contributed by atoms with E-state index in [2.05, 4.69) is 39.8 Å². The highest BCUT2D eigenvalue weighted by atomic mass is 16.3. The lowest BCUT2D eigenvalue weighted by Crippen LogP contribution is -2.05. The molecule has 0 aliphatic heterocycles. The molecule has 2 nitrogen and oxygen atoms in total. The maximum absolute atomic E-state index is 10.1. The van der Waals surface area contributed by atoms with Crippen LogP contribution in [-0.2, 0) is 6.42 Å². The van der Waals surface area contributed by atoms with Crippen LogP contribution in [0.1, 0.15) is 72.9 Å². The minimum absolute atomic E-state index is 0.346. The van der Waals surface area contributed by atoms with Gasteiger partial charge in [0, 0.05) is 0 Å². The third-order valence-electron chi connectivity index (χ3n) is 4.48. The van der Waals surface area contributed by atoms with Crippen LogP contribution in [0, 0.1) is 13.8 Å². The fourth-order valence-electron chi connectivity index (χ4n) is 3.29. The van der Waals surface area contributed by atoms with Gasteiger partial charge in [0.2, 0.25) is 0 Å². The molecule has 0 aromatic heterocycles. The summed E-state index contributed by atoms with van der Waals surface area (Å²) >= 11 is 0. The number of hydrogen-bond acceptors (Lipinski definition) is 2. The first-order valence-corrected chi connectivity index (χ1v) is 8.35. The predicted molar refractivity (Wildman–Crippen MR) is 96.7 cm³/mol. The number of hydrogen-bond donors (Lipinski definition) is 2. The summed E-state index contributed by atoms with van der Waals surface area (Å²) in [5, 5.41) is 20.1. The summed E-state index contributed by atoms with van der Waals surface area (Å²) in [6.07, 6.45) is 0.823. The molecular weight excluding hydrogens is 284 g/mol. The Morgan fingerprint density at radius 1 is 0.783 bits per heavy atom. The highest BCUT2D eigenvalue weighted by molar-refractivity contribution is 5.49. The topological polar surface area (TPSA) is 40.5 Å². The summed E-state index contributed by atoms with van der Waals surface area (Å²) in [7, 11) is 0. The van der Waals surface area contributed by atoms with E-state index in [9.17, 15) is 10.2 Å². The minimum Gasteiger partial charge on any atom is -0.508 e. The highest BCUT2D eigenvalue weighted by Gasteiger charge is 2.17. The second-order valence-electron chi connectivity index (χ2n) is 7.17. The van der Waals surface area contributed by atoms with E-state index >= 15 is 0 Å². The Bertz CT molecular complexity index is 660. The molecule has 2 aromatic rings. The van der Waals surface area contributed by atoms with Gasteiger partial charge in [-0.1, -0.05) is 39.8 Å². The Hall–Kier alpha value is -1.96. The second kappa shape index (κ2) is 6.66. The molecule has 0 saturated carbocycles. The average Bonchev–Trinajstić information content (AvgIpc) is 2.45. The Balaban J connectivity index is 2.58. The third kappa shape index (κ3) is 3.69. The summed E-state index contributed by atoms with van der Waals surface area (Å²) in [5.41, 5.74) is 6.74. The quantitative estimate of drug-likeness (QED) is 0.776. The van der Waals surface area contributed by atoms with Crippen LogP contribution in [0.4, 0.5) is 0 Å². The molecule has 0 amide bonds. The third-order valence-corrected chi connectivity index (χ3v) is 4.48. The van der Waals surface area contributed by atoms with Crippen LogP contribution in [0.25, 0.3) is 0 Å². The summed E-state index contributed by atoms with van der Waals surface area (Å²) in [4.78, 5) is 0. The summed E-state index contributed by atoms with van der Waals surface area (Å²) in [5.74, 6) is 1.44. The maximum atomic E-state index is 10.1. The van der Waals surface area contributed by atoms with Crippen molar-refractivity contribution in [2.45, 2.75) is 59.8 Å². The summed E-state index contributed by atoms with van der Waals surface area (Å²) in [6.45, 7) is 12.5. The van der Waals surface area contributed by atoms with Gasteiger partial charge in [-0.2, -0.15) is 0 Å². The molecule has 0 aliphatic rings. The van der Waals surface area contributed by atoms with Crippen molar-refractivity contribution in [2.24, 2.45) is 0 Å². The zero-order chi connectivity index (χ0) is 17.3. The maximum Gasteiger partial charge on any atom is 0.121 e. The van der Waals surface area contributed by atoms with E-state index in [0.717, 1.165) is 17.5 Å². The second-order valence-corrected chi connectivity index (χ2v) is 7.17. The van der Waals surface area contributed by atoms with Crippen molar-refractivity contribution < 1.29 is 10.2 Å². The van der Waals surface area contributed by atoms with Crippen LogP contribution in [0.15, 0.2) is 24.3 Å². The number of aryl methyl sites for hydroxylation is 2. The van der Waals surface area contributed by atoms with Gasteiger partial charge in [0.25, 0.3) is 0 Å². The van der Waals surface area contributed by atoms with Gasteiger partial charge >= 0.3 is 0 Å². The lowest BCUT2D eigenvalue weighted by Gasteiger charge is -2.21. The van der Waals surface area contributed by atoms with Crippen LogP contribution in [-0.4, -0.2) is 10.2 Å². The smallest absolute Gasteiger partial charge is 0.121 e. The van der Waals surface area contributed by atoms with Crippen LogP contribution in [0.2, 0.25) is 0 Å². The van der Waals surface area contributed by atoms with E-state index in [1.165, 1.54) is 22.3 Å². The van der Waals surface area contributed by atoms with Crippen LogP contribution in [0.5, 0.6) is 11.5 Å². The van der Waals surface area contributed by atoms with E-state index in [0.29, 0.717) is 23.3 Å². The van der Waals surface area contributed by atoms with E-state index in [1.807, 2.05) is 26.0 Å². The first-order valence-electron chi connectivity index (χ1n) is 8.35. The van der Waals surface area contributed by atoms with Crippen LogP contribution in [0.3, 0.4) is 0 Å². The Morgan fingerprint density at radius 2 is 1.22 bits per heavy atom. The molecule has 0 unspecified atom stereocenters. The van der Waals surface area contributed by atoms with Gasteiger partial charge in [-0.15, -0.1) is 0 Å². The average molecular weight is 312 g/mol. The lowest BCUT2D eigenvalue weighted by atomic mass is 9.85. The van der Waals surface area contributed by atoms with Crippen LogP contribution >= 0.6 is 0 Å². The van der Waals surface area contributed by atoms with Crippen molar-refractivity contribution in [3.63, 3.8) is 0 Å². The van der Waals surface area contributed by atoms with Crippen LogP contribution < -0.4 is 0 Å². The van der Waals surface area contributed by atoms with Gasteiger partial charge in [0.15, 0.2) is 0 Å². The molecular formula is C21H28O2. The van der Waals surface area contributed by atoms with Crippen molar-refractivity contribution in [1.82, 2.24) is 0 Å². The normalized spacial score (nSPS) is 11.5. The molecule has 2 N–H and O–H groups in total. The highest BCUT2D eigenvalue weighted by Crippen LogP contribution is 2.34. The molecule has 2 rings (SSSR count). The number of benzene rings is 2. The molecule has 0 aliphatic carbocycles. The molecule has 0 saturated heterocycles. The molecule has 124 valence electrons. The van der Waals surface area contributed by atoms with Crippen molar-refractivity contribution in [3.8, 4) is 11.5 Å². The number of rotatable bonds is 4. The lowest BCUT2D eigenvalue weighted by molar-refractivity contribution is 0.466. The molecule has 0 heterocycles. The van der Waals surface area contributed by atoms with Crippen molar-refractivity contribution in [1.29, 1.82) is 0 Å².